The number of carbonyl (C=O) groups excluding carboxylic acids is 3. The maximum absolute atomic E-state index is 13.5. The molecule has 0 atom stereocenters. The molecular formula is C20H16FN3O3S. The molecule has 3 aromatic rings. The van der Waals surface area contributed by atoms with E-state index < -0.39 is 24.3 Å². The number of hydrogen-bond donors (Lipinski definition) is 0. The second-order valence-electron chi connectivity index (χ2n) is 6.40. The Morgan fingerprint density at radius 3 is 2.43 bits per heavy atom. The van der Waals surface area contributed by atoms with Gasteiger partial charge in [-0.25, -0.2) is 4.39 Å². The van der Waals surface area contributed by atoms with Gasteiger partial charge in [-0.05, 0) is 36.8 Å². The Morgan fingerprint density at radius 1 is 1.11 bits per heavy atom. The Morgan fingerprint density at radius 2 is 1.79 bits per heavy atom. The van der Waals surface area contributed by atoms with Crippen molar-refractivity contribution in [3.05, 3.63) is 64.2 Å². The summed E-state index contributed by atoms with van der Waals surface area (Å²) in [6, 6.07) is 10.9. The number of thiazole rings is 1. The van der Waals surface area contributed by atoms with Gasteiger partial charge in [0.2, 0.25) is 0 Å². The van der Waals surface area contributed by atoms with Gasteiger partial charge in [-0.15, -0.1) is 0 Å². The molecule has 2 aromatic carbocycles. The third-order valence-corrected chi connectivity index (χ3v) is 5.53. The van der Waals surface area contributed by atoms with E-state index in [0.717, 1.165) is 16.8 Å². The molecule has 28 heavy (non-hydrogen) atoms. The maximum atomic E-state index is 13.5. The van der Waals surface area contributed by atoms with Crippen LogP contribution >= 0.6 is 11.3 Å². The van der Waals surface area contributed by atoms with Crippen LogP contribution in [0, 0.1) is 5.82 Å². The Hall–Kier alpha value is -3.13. The SMILES string of the molecule is CCCn1c(=NC(=O)CN2C(=O)c3ccccc3C2=O)sc2cc(F)ccc21. The zero-order chi connectivity index (χ0) is 19.8. The van der Waals surface area contributed by atoms with Crippen LogP contribution < -0.4 is 4.80 Å². The maximum Gasteiger partial charge on any atom is 0.268 e. The number of rotatable bonds is 4. The highest BCUT2D eigenvalue weighted by molar-refractivity contribution is 7.16. The summed E-state index contributed by atoms with van der Waals surface area (Å²) in [5, 5.41) is 0. The van der Waals surface area contributed by atoms with Gasteiger partial charge in [0.15, 0.2) is 4.80 Å². The number of halogens is 1. The van der Waals surface area contributed by atoms with Crippen LogP contribution in [0.3, 0.4) is 0 Å². The normalized spacial score (nSPS) is 14.2. The highest BCUT2D eigenvalue weighted by Gasteiger charge is 2.36. The van der Waals surface area contributed by atoms with Crippen LogP contribution in [-0.2, 0) is 11.3 Å². The topological polar surface area (TPSA) is 71.7 Å². The van der Waals surface area contributed by atoms with Crippen molar-refractivity contribution in [3.8, 4) is 0 Å². The lowest BCUT2D eigenvalue weighted by molar-refractivity contribution is -0.118. The van der Waals surface area contributed by atoms with E-state index in [9.17, 15) is 18.8 Å². The first-order valence-corrected chi connectivity index (χ1v) is 9.63. The molecule has 0 saturated carbocycles. The van der Waals surface area contributed by atoms with Crippen molar-refractivity contribution in [2.45, 2.75) is 19.9 Å². The second kappa shape index (κ2) is 7.12. The van der Waals surface area contributed by atoms with Crippen LogP contribution in [-0.4, -0.2) is 33.7 Å². The molecule has 0 saturated heterocycles. The largest absolute Gasteiger partial charge is 0.316 e. The molecular weight excluding hydrogens is 381 g/mol. The average molecular weight is 397 g/mol. The van der Waals surface area contributed by atoms with Crippen molar-refractivity contribution < 1.29 is 18.8 Å². The van der Waals surface area contributed by atoms with Gasteiger partial charge < -0.3 is 4.57 Å². The quantitative estimate of drug-likeness (QED) is 0.636. The lowest BCUT2D eigenvalue weighted by Crippen LogP contribution is -2.35. The van der Waals surface area contributed by atoms with Crippen LogP contribution in [0.15, 0.2) is 47.5 Å². The third-order valence-electron chi connectivity index (χ3n) is 4.48. The van der Waals surface area contributed by atoms with E-state index in [-0.39, 0.29) is 5.82 Å². The van der Waals surface area contributed by atoms with Crippen molar-refractivity contribution in [1.29, 1.82) is 0 Å². The molecule has 0 spiro atoms. The summed E-state index contributed by atoms with van der Waals surface area (Å²) in [5.74, 6) is -1.96. The van der Waals surface area contributed by atoms with E-state index in [1.165, 1.54) is 23.5 Å². The number of aromatic nitrogens is 1. The van der Waals surface area contributed by atoms with Gasteiger partial charge in [-0.2, -0.15) is 4.99 Å². The fraction of sp³-hybridized carbons (Fsp3) is 0.200. The fourth-order valence-electron chi connectivity index (χ4n) is 3.23. The number of carbonyl (C=O) groups is 3. The average Bonchev–Trinajstić information content (AvgIpc) is 3.12. The number of hydrogen-bond acceptors (Lipinski definition) is 4. The number of benzene rings is 2. The Kier molecular flexibility index (Phi) is 4.64. The van der Waals surface area contributed by atoms with Crippen molar-refractivity contribution in [2.75, 3.05) is 6.54 Å². The lowest BCUT2D eigenvalue weighted by atomic mass is 10.1. The second-order valence-corrected chi connectivity index (χ2v) is 7.40. The van der Waals surface area contributed by atoms with E-state index in [1.807, 2.05) is 11.5 Å². The molecule has 0 fully saturated rings. The Labute approximate surface area is 163 Å². The van der Waals surface area contributed by atoms with E-state index in [4.69, 9.17) is 0 Å². The summed E-state index contributed by atoms with van der Waals surface area (Å²) >= 11 is 1.20. The summed E-state index contributed by atoms with van der Waals surface area (Å²) in [6.07, 6.45) is 0.809. The molecule has 1 aliphatic rings. The van der Waals surface area contributed by atoms with Crippen LogP contribution in [0.5, 0.6) is 0 Å². The summed E-state index contributed by atoms with van der Waals surface area (Å²) < 4.78 is 16.1. The summed E-state index contributed by atoms with van der Waals surface area (Å²) in [4.78, 5) is 42.8. The van der Waals surface area contributed by atoms with Crippen molar-refractivity contribution in [3.63, 3.8) is 0 Å². The van der Waals surface area contributed by atoms with Gasteiger partial charge in [0, 0.05) is 6.54 Å². The molecule has 0 radical (unpaired) electrons. The van der Waals surface area contributed by atoms with Gasteiger partial charge in [0.25, 0.3) is 17.7 Å². The minimum atomic E-state index is -0.605. The number of aryl methyl sites for hydroxylation is 1. The first-order valence-electron chi connectivity index (χ1n) is 8.81. The van der Waals surface area contributed by atoms with Gasteiger partial charge in [0.1, 0.15) is 12.4 Å². The first kappa shape index (κ1) is 18.2. The standard InChI is InChI=1S/C20H16FN3O3S/c1-2-9-23-15-8-7-12(21)10-16(15)28-20(23)22-17(25)11-24-18(26)13-5-3-4-6-14(13)19(24)27/h3-8,10H,2,9,11H2,1H3. The Balaban J connectivity index is 1.67. The zero-order valence-electron chi connectivity index (χ0n) is 15.0. The predicted molar refractivity (Wildman–Crippen MR) is 102 cm³/mol. The van der Waals surface area contributed by atoms with Crippen LogP contribution in [0.4, 0.5) is 4.39 Å². The summed E-state index contributed by atoms with van der Waals surface area (Å²) in [5.41, 5.74) is 1.37. The zero-order valence-corrected chi connectivity index (χ0v) is 15.8. The molecule has 142 valence electrons. The minimum Gasteiger partial charge on any atom is -0.316 e. The molecule has 1 aromatic heterocycles. The van der Waals surface area contributed by atoms with E-state index in [2.05, 4.69) is 4.99 Å². The van der Waals surface area contributed by atoms with Crippen LogP contribution in [0.2, 0.25) is 0 Å². The predicted octanol–water partition coefficient (Wildman–Crippen LogP) is 2.98. The first-order chi connectivity index (χ1) is 13.5. The highest BCUT2D eigenvalue weighted by atomic mass is 32.1. The number of amides is 3. The lowest BCUT2D eigenvalue weighted by Gasteiger charge is -2.10. The van der Waals surface area contributed by atoms with E-state index in [1.54, 1.807) is 30.3 Å². The molecule has 1 aliphatic heterocycles. The third kappa shape index (κ3) is 3.05. The highest BCUT2D eigenvalue weighted by Crippen LogP contribution is 2.22. The van der Waals surface area contributed by atoms with Crippen molar-refractivity contribution in [2.24, 2.45) is 4.99 Å². The molecule has 4 rings (SSSR count). The Bertz CT molecular complexity index is 1160. The molecule has 2 heterocycles. The monoisotopic (exact) mass is 397 g/mol. The summed E-state index contributed by atoms with van der Waals surface area (Å²) in [7, 11) is 0. The molecule has 8 heteroatoms. The van der Waals surface area contributed by atoms with Gasteiger partial charge in [0.05, 0.1) is 21.3 Å². The van der Waals surface area contributed by atoms with E-state index in [0.29, 0.717) is 27.2 Å². The molecule has 0 aliphatic carbocycles. The van der Waals surface area contributed by atoms with Gasteiger partial charge in [-0.3, -0.25) is 19.3 Å². The summed E-state index contributed by atoms with van der Waals surface area (Å²) in [6.45, 7) is 2.18. The molecule has 0 unspecified atom stereocenters. The fourth-order valence-corrected chi connectivity index (χ4v) is 4.33. The number of fused-ring (bicyclic) bond motifs is 2. The van der Waals surface area contributed by atoms with Crippen molar-refractivity contribution >= 4 is 39.3 Å². The van der Waals surface area contributed by atoms with Crippen LogP contribution in [0.1, 0.15) is 34.1 Å². The number of nitrogens with zero attached hydrogens (tertiary/aromatic N) is 3. The number of imide groups is 1. The molecule has 6 nitrogen and oxygen atoms in total. The van der Waals surface area contributed by atoms with Crippen molar-refractivity contribution in [1.82, 2.24) is 9.47 Å². The van der Waals surface area contributed by atoms with E-state index >= 15 is 0 Å². The van der Waals surface area contributed by atoms with Gasteiger partial charge in [-0.1, -0.05) is 30.4 Å². The molecule has 3 amide bonds. The van der Waals surface area contributed by atoms with Gasteiger partial charge >= 0.3 is 0 Å². The molecule has 0 bridgehead atoms. The smallest absolute Gasteiger partial charge is 0.268 e. The molecule has 0 N–H and O–H groups in total. The van der Waals surface area contributed by atoms with Crippen LogP contribution in [0.25, 0.3) is 10.2 Å². The minimum absolute atomic E-state index is 0.290.